The van der Waals surface area contributed by atoms with Crippen LogP contribution in [0.5, 0.6) is 0 Å². The van der Waals surface area contributed by atoms with Gasteiger partial charge in [0.1, 0.15) is 5.82 Å². The number of hydrogen-bond donors (Lipinski definition) is 0. The second-order valence-corrected chi connectivity index (χ2v) is 7.57. The van der Waals surface area contributed by atoms with Crippen LogP contribution in [0.1, 0.15) is 44.8 Å². The Morgan fingerprint density at radius 1 is 1.25 bits per heavy atom. The molecule has 1 aromatic carbocycles. The first-order valence-corrected chi connectivity index (χ1v) is 8.03. The smallest absolute Gasteiger partial charge is 0.128 e. The molecule has 0 saturated heterocycles. The lowest BCUT2D eigenvalue weighted by atomic mass is 9.97. The van der Waals surface area contributed by atoms with Crippen molar-refractivity contribution >= 4 is 45.8 Å². The lowest BCUT2D eigenvalue weighted by Crippen LogP contribution is -2.30. The first-order chi connectivity index (χ1) is 9.32. The van der Waals surface area contributed by atoms with Gasteiger partial charge in [-0.3, -0.25) is 0 Å². The molecule has 0 radical (unpaired) electrons. The standard InChI is InChI=1S/C15H17Cl3N2/c1-8(16)14-19-12-6-10(17)11(18)7-13(12)20(14)15(2,3)9-4-5-9/h6-9H,4-5H2,1-3H3. The molecule has 2 nitrogen and oxygen atoms in total. The zero-order chi connectivity index (χ0) is 14.7. The van der Waals surface area contributed by atoms with Gasteiger partial charge in [-0.1, -0.05) is 23.2 Å². The van der Waals surface area contributed by atoms with Gasteiger partial charge in [0.2, 0.25) is 0 Å². The Labute approximate surface area is 134 Å². The molecule has 0 aliphatic heterocycles. The van der Waals surface area contributed by atoms with Crippen LogP contribution in [0.2, 0.25) is 10.0 Å². The first kappa shape index (κ1) is 14.5. The van der Waals surface area contributed by atoms with Crippen molar-refractivity contribution in [2.75, 3.05) is 0 Å². The molecule has 2 aromatic rings. The molecule has 1 fully saturated rings. The summed E-state index contributed by atoms with van der Waals surface area (Å²) in [7, 11) is 0. The SMILES string of the molecule is CC(Cl)c1nc2cc(Cl)c(Cl)cc2n1C(C)(C)C1CC1. The maximum Gasteiger partial charge on any atom is 0.128 e. The Bertz CT molecular complexity index is 669. The van der Waals surface area contributed by atoms with Crippen molar-refractivity contribution in [1.82, 2.24) is 9.55 Å². The number of nitrogens with zero attached hydrogens (tertiary/aromatic N) is 2. The number of rotatable bonds is 3. The summed E-state index contributed by atoms with van der Waals surface area (Å²) in [5.74, 6) is 1.56. The van der Waals surface area contributed by atoms with Gasteiger partial charge in [-0.15, -0.1) is 11.6 Å². The molecule has 0 spiro atoms. The minimum absolute atomic E-state index is 0.00953. The highest BCUT2D eigenvalue weighted by atomic mass is 35.5. The minimum atomic E-state index is -0.155. The van der Waals surface area contributed by atoms with E-state index < -0.39 is 0 Å². The fourth-order valence-corrected chi connectivity index (χ4v) is 3.40. The third-order valence-electron chi connectivity index (χ3n) is 4.23. The van der Waals surface area contributed by atoms with Gasteiger partial charge in [0.15, 0.2) is 0 Å². The Morgan fingerprint density at radius 2 is 1.85 bits per heavy atom. The summed E-state index contributed by atoms with van der Waals surface area (Å²) in [5.41, 5.74) is 1.86. The Hall–Kier alpha value is -0.440. The van der Waals surface area contributed by atoms with Gasteiger partial charge in [0.05, 0.1) is 26.5 Å². The van der Waals surface area contributed by atoms with Gasteiger partial charge in [0.25, 0.3) is 0 Å². The molecule has 5 heteroatoms. The van der Waals surface area contributed by atoms with Crippen molar-refractivity contribution < 1.29 is 0 Å². The van der Waals surface area contributed by atoms with Crippen LogP contribution in [0.3, 0.4) is 0 Å². The van der Waals surface area contributed by atoms with E-state index in [1.807, 2.05) is 19.1 Å². The Morgan fingerprint density at radius 3 is 2.40 bits per heavy atom. The summed E-state index contributed by atoms with van der Waals surface area (Å²) in [6.45, 7) is 6.44. The predicted molar refractivity (Wildman–Crippen MR) is 86.1 cm³/mol. The molecule has 1 heterocycles. The molecule has 1 unspecified atom stereocenters. The van der Waals surface area contributed by atoms with Crippen LogP contribution in [0.25, 0.3) is 11.0 Å². The first-order valence-electron chi connectivity index (χ1n) is 6.84. The van der Waals surface area contributed by atoms with Crippen molar-refractivity contribution in [3.63, 3.8) is 0 Å². The fraction of sp³-hybridized carbons (Fsp3) is 0.533. The highest BCUT2D eigenvalue weighted by Gasteiger charge is 2.41. The van der Waals surface area contributed by atoms with Gasteiger partial charge in [-0.25, -0.2) is 4.98 Å². The molecule has 1 aliphatic carbocycles. The monoisotopic (exact) mass is 330 g/mol. The zero-order valence-corrected chi connectivity index (χ0v) is 14.0. The second-order valence-electron chi connectivity index (χ2n) is 6.10. The Kier molecular flexibility index (Phi) is 3.47. The van der Waals surface area contributed by atoms with Crippen LogP contribution in [-0.2, 0) is 5.54 Å². The number of halogens is 3. The van der Waals surface area contributed by atoms with E-state index >= 15 is 0 Å². The lowest BCUT2D eigenvalue weighted by Gasteiger charge is -2.30. The summed E-state index contributed by atoms with van der Waals surface area (Å²) < 4.78 is 2.25. The summed E-state index contributed by atoms with van der Waals surface area (Å²) >= 11 is 18.6. The highest BCUT2D eigenvalue weighted by Crippen LogP contribution is 2.47. The second kappa shape index (κ2) is 4.79. The number of alkyl halides is 1. The molecule has 20 heavy (non-hydrogen) atoms. The van der Waals surface area contributed by atoms with E-state index in [-0.39, 0.29) is 10.9 Å². The third-order valence-corrected chi connectivity index (χ3v) is 5.15. The number of fused-ring (bicyclic) bond motifs is 1. The highest BCUT2D eigenvalue weighted by molar-refractivity contribution is 6.42. The molecule has 1 aliphatic rings. The minimum Gasteiger partial charge on any atom is -0.321 e. The molecule has 108 valence electrons. The molecule has 0 bridgehead atoms. The van der Waals surface area contributed by atoms with E-state index in [0.717, 1.165) is 16.9 Å². The number of imidazole rings is 1. The van der Waals surface area contributed by atoms with Crippen LogP contribution in [0, 0.1) is 5.92 Å². The van der Waals surface area contributed by atoms with E-state index in [1.54, 1.807) is 0 Å². The van der Waals surface area contributed by atoms with Crippen molar-refractivity contribution in [2.45, 2.75) is 44.5 Å². The van der Waals surface area contributed by atoms with Crippen LogP contribution in [0.4, 0.5) is 0 Å². The van der Waals surface area contributed by atoms with E-state index in [4.69, 9.17) is 34.8 Å². The topological polar surface area (TPSA) is 17.8 Å². The van der Waals surface area contributed by atoms with Gasteiger partial charge in [0, 0.05) is 5.54 Å². The molecule has 1 atom stereocenters. The summed E-state index contributed by atoms with van der Waals surface area (Å²) in [6, 6.07) is 3.72. The van der Waals surface area contributed by atoms with E-state index in [2.05, 4.69) is 23.4 Å². The summed E-state index contributed by atoms with van der Waals surface area (Å²) in [6.07, 6.45) is 2.51. The molecule has 0 amide bonds. The fourth-order valence-electron chi connectivity index (χ4n) is 2.94. The predicted octanol–water partition coefficient (Wildman–Crippen LogP) is 5.79. The number of aromatic nitrogens is 2. The molecule has 3 rings (SSSR count). The number of hydrogen-bond acceptors (Lipinski definition) is 1. The van der Waals surface area contributed by atoms with Gasteiger partial charge < -0.3 is 4.57 Å². The molecule has 1 saturated carbocycles. The van der Waals surface area contributed by atoms with Crippen molar-refractivity contribution in [3.05, 3.63) is 28.0 Å². The maximum absolute atomic E-state index is 6.34. The van der Waals surface area contributed by atoms with E-state index in [9.17, 15) is 0 Å². The van der Waals surface area contributed by atoms with Crippen LogP contribution in [-0.4, -0.2) is 9.55 Å². The van der Waals surface area contributed by atoms with E-state index in [1.165, 1.54) is 12.8 Å². The molecular weight excluding hydrogens is 315 g/mol. The Balaban J connectivity index is 2.31. The third kappa shape index (κ3) is 2.22. The lowest BCUT2D eigenvalue weighted by molar-refractivity contribution is 0.304. The van der Waals surface area contributed by atoms with Crippen LogP contribution < -0.4 is 0 Å². The van der Waals surface area contributed by atoms with Gasteiger partial charge in [-0.05, 0) is 51.7 Å². The summed E-state index contributed by atoms with van der Waals surface area (Å²) in [4.78, 5) is 4.68. The van der Waals surface area contributed by atoms with Gasteiger partial charge in [-0.2, -0.15) is 0 Å². The van der Waals surface area contributed by atoms with Crippen molar-refractivity contribution in [3.8, 4) is 0 Å². The van der Waals surface area contributed by atoms with Crippen molar-refractivity contribution in [1.29, 1.82) is 0 Å². The summed E-state index contributed by atoms with van der Waals surface area (Å²) in [5, 5.41) is 0.931. The van der Waals surface area contributed by atoms with E-state index in [0.29, 0.717) is 16.0 Å². The zero-order valence-electron chi connectivity index (χ0n) is 11.8. The molecular formula is C15H17Cl3N2. The normalized spacial score (nSPS) is 17.7. The quantitative estimate of drug-likeness (QED) is 0.651. The molecule has 1 aromatic heterocycles. The average molecular weight is 332 g/mol. The van der Waals surface area contributed by atoms with Crippen molar-refractivity contribution in [2.24, 2.45) is 5.92 Å². The van der Waals surface area contributed by atoms with Crippen LogP contribution >= 0.6 is 34.8 Å². The maximum atomic E-state index is 6.34. The largest absolute Gasteiger partial charge is 0.321 e. The van der Waals surface area contributed by atoms with Crippen LogP contribution in [0.15, 0.2) is 12.1 Å². The average Bonchev–Trinajstić information content (AvgIpc) is 3.13. The molecule has 0 N–H and O–H groups in total. The van der Waals surface area contributed by atoms with Gasteiger partial charge >= 0.3 is 0 Å². The number of benzene rings is 1.